The van der Waals surface area contributed by atoms with Crippen LogP contribution in [0.4, 0.5) is 5.69 Å². The molecular formula is C25H25NO5. The second kappa shape index (κ2) is 10.3. The number of carbonyl (C=O) groups is 2. The van der Waals surface area contributed by atoms with Gasteiger partial charge in [0.1, 0.15) is 0 Å². The van der Waals surface area contributed by atoms with E-state index in [-0.39, 0.29) is 11.7 Å². The Morgan fingerprint density at radius 2 is 1.61 bits per heavy atom. The fourth-order valence-electron chi connectivity index (χ4n) is 3.01. The third kappa shape index (κ3) is 5.85. The van der Waals surface area contributed by atoms with Crippen LogP contribution in [0.25, 0.3) is 11.1 Å². The molecule has 0 spiro atoms. The van der Waals surface area contributed by atoms with E-state index in [1.807, 2.05) is 62.4 Å². The smallest absolute Gasteiger partial charge is 0.338 e. The van der Waals surface area contributed by atoms with Gasteiger partial charge in [0.2, 0.25) is 0 Å². The fourth-order valence-corrected chi connectivity index (χ4v) is 3.01. The van der Waals surface area contributed by atoms with Gasteiger partial charge in [0.15, 0.2) is 18.1 Å². The number of ether oxygens (including phenoxy) is 3. The van der Waals surface area contributed by atoms with E-state index in [1.54, 1.807) is 18.2 Å². The van der Waals surface area contributed by atoms with E-state index >= 15 is 0 Å². The standard InChI is InChI=1S/C25H25NO5/c1-17(2)31-22-14-13-19(15-23(22)29-3)25(28)30-16-24(27)26-21-12-8-7-11-20(21)18-9-5-4-6-10-18/h4-15,17H,16H2,1-3H3,(H,26,27). The molecule has 0 aromatic heterocycles. The first-order valence-electron chi connectivity index (χ1n) is 9.94. The van der Waals surface area contributed by atoms with Gasteiger partial charge in [-0.25, -0.2) is 4.79 Å². The van der Waals surface area contributed by atoms with Crippen molar-refractivity contribution in [2.24, 2.45) is 0 Å². The molecule has 0 aliphatic heterocycles. The van der Waals surface area contributed by atoms with Crippen molar-refractivity contribution in [1.29, 1.82) is 0 Å². The number of methoxy groups -OCH3 is 1. The lowest BCUT2D eigenvalue weighted by Crippen LogP contribution is -2.21. The van der Waals surface area contributed by atoms with Crippen LogP contribution < -0.4 is 14.8 Å². The Bertz CT molecular complexity index is 1050. The zero-order valence-corrected chi connectivity index (χ0v) is 17.8. The molecule has 0 heterocycles. The quantitative estimate of drug-likeness (QED) is 0.523. The molecular weight excluding hydrogens is 394 g/mol. The van der Waals surface area contributed by atoms with Gasteiger partial charge in [-0.3, -0.25) is 4.79 Å². The summed E-state index contributed by atoms with van der Waals surface area (Å²) >= 11 is 0. The van der Waals surface area contributed by atoms with E-state index in [9.17, 15) is 9.59 Å². The zero-order chi connectivity index (χ0) is 22.2. The number of carbonyl (C=O) groups excluding carboxylic acids is 2. The molecule has 0 saturated carbocycles. The SMILES string of the molecule is COc1cc(C(=O)OCC(=O)Nc2ccccc2-c2ccccc2)ccc1OC(C)C. The number of rotatable bonds is 8. The molecule has 0 aliphatic rings. The predicted molar refractivity (Wildman–Crippen MR) is 120 cm³/mol. The van der Waals surface area contributed by atoms with Gasteiger partial charge in [0.25, 0.3) is 5.91 Å². The van der Waals surface area contributed by atoms with Crippen LogP contribution in [0.15, 0.2) is 72.8 Å². The Morgan fingerprint density at radius 1 is 0.903 bits per heavy atom. The van der Waals surface area contributed by atoms with Gasteiger partial charge in [-0.15, -0.1) is 0 Å². The molecule has 0 aliphatic carbocycles. The average Bonchev–Trinajstić information content (AvgIpc) is 2.78. The van der Waals surface area contributed by atoms with Gasteiger partial charge in [-0.05, 0) is 43.7 Å². The summed E-state index contributed by atoms with van der Waals surface area (Å²) in [6.45, 7) is 3.39. The summed E-state index contributed by atoms with van der Waals surface area (Å²) in [7, 11) is 1.50. The highest BCUT2D eigenvalue weighted by atomic mass is 16.5. The summed E-state index contributed by atoms with van der Waals surface area (Å²) in [5.41, 5.74) is 2.77. The highest BCUT2D eigenvalue weighted by molar-refractivity contribution is 5.98. The van der Waals surface area contributed by atoms with Crippen molar-refractivity contribution < 1.29 is 23.8 Å². The van der Waals surface area contributed by atoms with E-state index in [4.69, 9.17) is 14.2 Å². The van der Waals surface area contributed by atoms with Gasteiger partial charge < -0.3 is 19.5 Å². The number of anilines is 1. The molecule has 0 radical (unpaired) electrons. The van der Waals surface area contributed by atoms with Crippen molar-refractivity contribution in [3.05, 3.63) is 78.4 Å². The molecule has 0 bridgehead atoms. The molecule has 6 nitrogen and oxygen atoms in total. The highest BCUT2D eigenvalue weighted by Gasteiger charge is 2.15. The van der Waals surface area contributed by atoms with E-state index in [1.165, 1.54) is 13.2 Å². The first-order chi connectivity index (χ1) is 15.0. The highest BCUT2D eigenvalue weighted by Crippen LogP contribution is 2.29. The van der Waals surface area contributed by atoms with Crippen LogP contribution in [0.1, 0.15) is 24.2 Å². The number of nitrogens with one attached hydrogen (secondary N) is 1. The topological polar surface area (TPSA) is 73.9 Å². The maximum absolute atomic E-state index is 12.4. The zero-order valence-electron chi connectivity index (χ0n) is 17.8. The Labute approximate surface area is 181 Å². The van der Waals surface area contributed by atoms with Crippen LogP contribution in [0.3, 0.4) is 0 Å². The van der Waals surface area contributed by atoms with Crippen LogP contribution in [0.5, 0.6) is 11.5 Å². The van der Waals surface area contributed by atoms with Crippen molar-refractivity contribution in [3.8, 4) is 22.6 Å². The number of amides is 1. The second-order valence-corrected chi connectivity index (χ2v) is 7.07. The van der Waals surface area contributed by atoms with Gasteiger partial charge in [0, 0.05) is 11.3 Å². The van der Waals surface area contributed by atoms with Crippen LogP contribution in [-0.2, 0) is 9.53 Å². The molecule has 3 rings (SSSR count). The van der Waals surface area contributed by atoms with Crippen molar-refractivity contribution in [3.63, 3.8) is 0 Å². The Kier molecular flexibility index (Phi) is 7.27. The summed E-state index contributed by atoms with van der Waals surface area (Å²) in [6.07, 6.45) is -0.0332. The van der Waals surface area contributed by atoms with Crippen molar-refractivity contribution in [2.75, 3.05) is 19.0 Å². The summed E-state index contributed by atoms with van der Waals surface area (Å²) in [5.74, 6) is -0.0990. The molecule has 0 atom stereocenters. The molecule has 1 amide bonds. The lowest BCUT2D eigenvalue weighted by atomic mass is 10.0. The molecule has 0 fully saturated rings. The predicted octanol–water partition coefficient (Wildman–Crippen LogP) is 4.94. The molecule has 160 valence electrons. The normalized spacial score (nSPS) is 10.5. The summed E-state index contributed by atoms with van der Waals surface area (Å²) < 4.78 is 16.1. The molecule has 1 N–H and O–H groups in total. The van der Waals surface area contributed by atoms with Gasteiger partial charge in [-0.2, -0.15) is 0 Å². The first-order valence-corrected chi connectivity index (χ1v) is 9.94. The van der Waals surface area contributed by atoms with E-state index in [0.29, 0.717) is 17.2 Å². The number of para-hydroxylation sites is 1. The largest absolute Gasteiger partial charge is 0.493 e. The molecule has 3 aromatic rings. The Hall–Kier alpha value is -3.80. The number of esters is 1. The van der Waals surface area contributed by atoms with Crippen LogP contribution in [-0.4, -0.2) is 31.7 Å². The van der Waals surface area contributed by atoms with Gasteiger partial charge in [-0.1, -0.05) is 48.5 Å². The van der Waals surface area contributed by atoms with Crippen LogP contribution in [0, 0.1) is 0 Å². The van der Waals surface area contributed by atoms with Crippen molar-refractivity contribution in [2.45, 2.75) is 20.0 Å². The lowest BCUT2D eigenvalue weighted by Gasteiger charge is -2.14. The summed E-state index contributed by atoms with van der Waals surface area (Å²) in [4.78, 5) is 24.8. The summed E-state index contributed by atoms with van der Waals surface area (Å²) in [6, 6.07) is 21.9. The average molecular weight is 419 g/mol. The van der Waals surface area contributed by atoms with Crippen LogP contribution >= 0.6 is 0 Å². The second-order valence-electron chi connectivity index (χ2n) is 7.07. The monoisotopic (exact) mass is 419 g/mol. The molecule has 3 aromatic carbocycles. The maximum Gasteiger partial charge on any atom is 0.338 e. The number of benzene rings is 3. The Balaban J connectivity index is 1.64. The third-order valence-electron chi connectivity index (χ3n) is 4.38. The van der Waals surface area contributed by atoms with E-state index in [0.717, 1.165) is 11.1 Å². The van der Waals surface area contributed by atoms with Crippen LogP contribution in [0.2, 0.25) is 0 Å². The van der Waals surface area contributed by atoms with Crippen molar-refractivity contribution in [1.82, 2.24) is 0 Å². The number of hydrogen-bond donors (Lipinski definition) is 1. The van der Waals surface area contributed by atoms with Gasteiger partial charge >= 0.3 is 5.97 Å². The molecule has 31 heavy (non-hydrogen) atoms. The first kappa shape index (κ1) is 21.9. The minimum Gasteiger partial charge on any atom is -0.493 e. The minimum absolute atomic E-state index is 0.0332. The van der Waals surface area contributed by atoms with Crippen molar-refractivity contribution >= 4 is 17.6 Å². The third-order valence-corrected chi connectivity index (χ3v) is 4.38. The van der Waals surface area contributed by atoms with E-state index < -0.39 is 18.5 Å². The fraction of sp³-hybridized carbons (Fsp3) is 0.200. The van der Waals surface area contributed by atoms with Gasteiger partial charge in [0.05, 0.1) is 18.8 Å². The lowest BCUT2D eigenvalue weighted by molar-refractivity contribution is -0.119. The molecule has 6 heteroatoms. The number of hydrogen-bond acceptors (Lipinski definition) is 5. The molecule has 0 saturated heterocycles. The summed E-state index contributed by atoms with van der Waals surface area (Å²) in [5, 5.41) is 2.81. The minimum atomic E-state index is -0.624. The Morgan fingerprint density at radius 3 is 2.32 bits per heavy atom. The van der Waals surface area contributed by atoms with E-state index in [2.05, 4.69) is 5.32 Å². The molecule has 0 unspecified atom stereocenters. The maximum atomic E-state index is 12.4.